The highest BCUT2D eigenvalue weighted by Gasteiger charge is 2.64. The van der Waals surface area contributed by atoms with Gasteiger partial charge < -0.3 is 27.7 Å². The number of fused-ring (bicyclic) bond motifs is 2. The summed E-state index contributed by atoms with van der Waals surface area (Å²) in [4.78, 5) is 13.6. The molecule has 1 aromatic rings. The Kier molecular flexibility index (Phi) is 3.35. The van der Waals surface area contributed by atoms with E-state index in [1.54, 1.807) is 11.0 Å². The van der Waals surface area contributed by atoms with Crippen molar-refractivity contribution in [3.05, 3.63) is 46.7 Å². The SMILES string of the molecule is CC=C1C[NH+]2CCC34C(=C(C=O)[C@H]1C[C@H]23)Nc1c(O)cccc14.[Cl-]. The number of quaternary nitrogens is 1. The van der Waals surface area contributed by atoms with Gasteiger partial charge >= 0.3 is 0 Å². The Morgan fingerprint density at radius 1 is 1.42 bits per heavy atom. The summed E-state index contributed by atoms with van der Waals surface area (Å²) in [5.41, 5.74) is 5.27. The number of allylic oxidation sites excluding steroid dienone is 2. The summed E-state index contributed by atoms with van der Waals surface area (Å²) < 4.78 is 0. The minimum absolute atomic E-state index is 0. The highest BCUT2D eigenvalue weighted by molar-refractivity contribution is 5.85. The van der Waals surface area contributed by atoms with Gasteiger partial charge in [-0.3, -0.25) is 4.79 Å². The summed E-state index contributed by atoms with van der Waals surface area (Å²) in [7, 11) is 0. The second-order valence-corrected chi connectivity index (χ2v) is 7.28. The normalized spacial score (nSPS) is 36.7. The van der Waals surface area contributed by atoms with Crippen molar-refractivity contribution in [1.29, 1.82) is 0 Å². The zero-order valence-corrected chi connectivity index (χ0v) is 14.4. The Hall–Kier alpha value is -1.78. The number of rotatable bonds is 1. The van der Waals surface area contributed by atoms with E-state index >= 15 is 0 Å². The summed E-state index contributed by atoms with van der Waals surface area (Å²) in [6.45, 7) is 4.26. The number of phenolic OH excluding ortho intramolecular Hbond substituents is 1. The van der Waals surface area contributed by atoms with Crippen LogP contribution in [-0.2, 0) is 10.2 Å². The van der Waals surface area contributed by atoms with E-state index < -0.39 is 0 Å². The first-order chi connectivity index (χ1) is 11.2. The molecule has 2 fully saturated rings. The Labute approximate surface area is 147 Å². The molecule has 1 spiro atoms. The Morgan fingerprint density at radius 2 is 2.25 bits per heavy atom. The van der Waals surface area contributed by atoms with Gasteiger partial charge in [-0.1, -0.05) is 18.2 Å². The van der Waals surface area contributed by atoms with Gasteiger partial charge in [0.2, 0.25) is 0 Å². The molecule has 2 unspecified atom stereocenters. The van der Waals surface area contributed by atoms with Gasteiger partial charge in [0.1, 0.15) is 18.1 Å². The van der Waals surface area contributed by atoms with Crippen LogP contribution < -0.4 is 22.6 Å². The quantitative estimate of drug-likeness (QED) is 0.318. The van der Waals surface area contributed by atoms with E-state index in [0.717, 1.165) is 49.2 Å². The molecule has 0 radical (unpaired) electrons. The molecule has 4 aliphatic rings. The third kappa shape index (κ3) is 1.60. The number of nitrogens with one attached hydrogen (secondary N) is 2. The monoisotopic (exact) mass is 344 g/mol. The number of aromatic hydroxyl groups is 1. The van der Waals surface area contributed by atoms with Crippen molar-refractivity contribution in [1.82, 2.24) is 0 Å². The molecular weight excluding hydrogens is 324 g/mol. The number of piperidine rings is 1. The van der Waals surface area contributed by atoms with Gasteiger partial charge in [-0.05, 0) is 24.1 Å². The molecule has 3 aliphatic heterocycles. The van der Waals surface area contributed by atoms with Crippen LogP contribution in [0.5, 0.6) is 5.75 Å². The number of phenols is 1. The van der Waals surface area contributed by atoms with Crippen LogP contribution in [0.15, 0.2) is 41.1 Å². The van der Waals surface area contributed by atoms with Crippen molar-refractivity contribution in [2.24, 2.45) is 5.92 Å². The predicted molar refractivity (Wildman–Crippen MR) is 87.5 cm³/mol. The van der Waals surface area contributed by atoms with Gasteiger partial charge in [0, 0.05) is 30.0 Å². The van der Waals surface area contributed by atoms with Gasteiger partial charge in [-0.2, -0.15) is 0 Å². The van der Waals surface area contributed by atoms with E-state index in [4.69, 9.17) is 0 Å². The molecule has 5 rings (SSSR count). The number of anilines is 1. The van der Waals surface area contributed by atoms with Crippen LogP contribution in [0, 0.1) is 5.92 Å². The van der Waals surface area contributed by atoms with E-state index in [-0.39, 0.29) is 23.7 Å². The second kappa shape index (κ2) is 5.11. The molecule has 126 valence electrons. The summed E-state index contributed by atoms with van der Waals surface area (Å²) in [5, 5.41) is 13.8. The average molecular weight is 345 g/mol. The average Bonchev–Trinajstić information content (AvgIpc) is 3.12. The van der Waals surface area contributed by atoms with E-state index in [0.29, 0.717) is 11.8 Å². The first-order valence-corrected chi connectivity index (χ1v) is 8.49. The number of hydrogen-bond acceptors (Lipinski definition) is 3. The molecule has 4 atom stereocenters. The lowest BCUT2D eigenvalue weighted by atomic mass is 9.62. The molecule has 1 aliphatic carbocycles. The van der Waals surface area contributed by atoms with Gasteiger partial charge in [0.15, 0.2) is 0 Å². The summed E-state index contributed by atoms with van der Waals surface area (Å²) in [5.74, 6) is 0.537. The Bertz CT molecular complexity index is 801. The number of halogens is 1. The van der Waals surface area contributed by atoms with Crippen molar-refractivity contribution in [2.75, 3.05) is 18.4 Å². The van der Waals surface area contributed by atoms with Crippen LogP contribution in [0.2, 0.25) is 0 Å². The topological polar surface area (TPSA) is 53.8 Å². The fraction of sp³-hybridized carbons (Fsp3) is 0.421. The van der Waals surface area contributed by atoms with Crippen molar-refractivity contribution in [3.63, 3.8) is 0 Å². The van der Waals surface area contributed by atoms with Crippen LogP contribution in [0.3, 0.4) is 0 Å². The van der Waals surface area contributed by atoms with Crippen molar-refractivity contribution >= 4 is 12.0 Å². The molecule has 2 saturated heterocycles. The number of para-hydroxylation sites is 1. The van der Waals surface area contributed by atoms with E-state index in [1.165, 1.54) is 11.1 Å². The first kappa shape index (κ1) is 15.7. The molecular formula is C19H21ClN2O2. The van der Waals surface area contributed by atoms with Crippen molar-refractivity contribution in [2.45, 2.75) is 31.2 Å². The van der Waals surface area contributed by atoms with E-state index in [2.05, 4.69) is 24.4 Å². The highest BCUT2D eigenvalue weighted by atomic mass is 35.5. The summed E-state index contributed by atoms with van der Waals surface area (Å²) >= 11 is 0. The number of hydrogen-bond donors (Lipinski definition) is 3. The van der Waals surface area contributed by atoms with Crippen LogP contribution >= 0.6 is 0 Å². The smallest absolute Gasteiger partial charge is 0.148 e. The largest absolute Gasteiger partial charge is 1.00 e. The minimum Gasteiger partial charge on any atom is -1.00 e. The molecule has 0 aromatic heterocycles. The third-order valence-electron chi connectivity index (χ3n) is 6.66. The number of benzene rings is 1. The molecule has 4 nitrogen and oxygen atoms in total. The first-order valence-electron chi connectivity index (χ1n) is 8.49. The standard InChI is InChI=1S/C19H20N2O2.ClH/c1-2-11-9-21-7-6-19-14-4-3-5-15(23)17(14)20-18(19)13(10-22)12(11)8-16(19)21;/h2-5,10,12,16,20,23H,6-9H2,1H3;1H/t12-,16-,19?;/m0./s1. The van der Waals surface area contributed by atoms with Crippen LogP contribution in [0.1, 0.15) is 25.3 Å². The lowest BCUT2D eigenvalue weighted by Crippen LogP contribution is -3.16. The van der Waals surface area contributed by atoms with Crippen LogP contribution in [0.4, 0.5) is 5.69 Å². The van der Waals surface area contributed by atoms with E-state index in [9.17, 15) is 9.90 Å². The lowest BCUT2D eigenvalue weighted by Gasteiger charge is -2.45. The minimum atomic E-state index is -0.102. The number of aldehydes is 1. The maximum absolute atomic E-state index is 12.0. The Morgan fingerprint density at radius 3 is 3.00 bits per heavy atom. The Balaban J connectivity index is 0.00000146. The molecule has 0 saturated carbocycles. The fourth-order valence-electron chi connectivity index (χ4n) is 5.72. The molecule has 5 heteroatoms. The molecule has 3 heterocycles. The second-order valence-electron chi connectivity index (χ2n) is 7.28. The van der Waals surface area contributed by atoms with Gasteiger partial charge in [0.05, 0.1) is 24.2 Å². The molecule has 0 amide bonds. The fourth-order valence-corrected chi connectivity index (χ4v) is 5.72. The zero-order valence-electron chi connectivity index (χ0n) is 13.6. The predicted octanol–water partition coefficient (Wildman–Crippen LogP) is -1.85. The zero-order chi connectivity index (χ0) is 15.8. The van der Waals surface area contributed by atoms with Crippen LogP contribution in [0.25, 0.3) is 0 Å². The summed E-state index contributed by atoms with van der Waals surface area (Å²) in [6, 6.07) is 6.29. The van der Waals surface area contributed by atoms with Gasteiger partial charge in [-0.15, -0.1) is 0 Å². The summed E-state index contributed by atoms with van der Waals surface area (Å²) in [6.07, 6.45) is 5.35. The van der Waals surface area contributed by atoms with Crippen LogP contribution in [-0.4, -0.2) is 30.5 Å². The highest BCUT2D eigenvalue weighted by Crippen LogP contribution is 2.58. The van der Waals surface area contributed by atoms with E-state index in [1.807, 2.05) is 6.07 Å². The molecule has 2 bridgehead atoms. The van der Waals surface area contributed by atoms with Gasteiger partial charge in [-0.25, -0.2) is 0 Å². The molecule has 3 N–H and O–H groups in total. The van der Waals surface area contributed by atoms with Crippen molar-refractivity contribution < 1.29 is 27.2 Å². The molecule has 24 heavy (non-hydrogen) atoms. The third-order valence-corrected chi connectivity index (χ3v) is 6.66. The maximum atomic E-state index is 12.0. The lowest BCUT2D eigenvalue weighted by molar-refractivity contribution is -0.914. The number of carbonyl (C=O) groups is 1. The van der Waals surface area contributed by atoms with Crippen molar-refractivity contribution in [3.8, 4) is 5.75 Å². The maximum Gasteiger partial charge on any atom is 0.148 e. The number of carbonyl (C=O) groups excluding carboxylic acids is 1. The van der Waals surface area contributed by atoms with Gasteiger partial charge in [0.25, 0.3) is 0 Å². The molecule has 1 aromatic carbocycles.